The molecule has 2 fully saturated rings. The van der Waals surface area contributed by atoms with Crippen LogP contribution in [0.2, 0.25) is 0 Å². The first-order chi connectivity index (χ1) is 17.7. The molecule has 2 unspecified atom stereocenters. The largest absolute Gasteiger partial charge is 0.473 e. The molecule has 0 amide bonds. The number of alkyl halides is 3. The number of anilines is 1. The average molecular weight is 520 g/mol. The summed E-state index contributed by atoms with van der Waals surface area (Å²) in [5.74, 6) is -2.09. The van der Waals surface area contributed by atoms with E-state index >= 15 is 0 Å². The Morgan fingerprint density at radius 1 is 1.08 bits per heavy atom. The molecule has 12 heteroatoms. The van der Waals surface area contributed by atoms with Crippen molar-refractivity contribution in [2.24, 2.45) is 5.92 Å². The number of nitrogens with zero attached hydrogens (tertiary/aromatic N) is 4. The molecule has 194 valence electrons. The van der Waals surface area contributed by atoms with E-state index in [-0.39, 0.29) is 24.1 Å². The van der Waals surface area contributed by atoms with Gasteiger partial charge in [0.1, 0.15) is 23.9 Å². The van der Waals surface area contributed by atoms with Gasteiger partial charge in [0.25, 0.3) is 0 Å². The van der Waals surface area contributed by atoms with Gasteiger partial charge < -0.3 is 14.4 Å². The quantitative estimate of drug-likeness (QED) is 0.438. The Hall–Kier alpha value is -3.70. The van der Waals surface area contributed by atoms with Crippen LogP contribution in [0.5, 0.6) is 17.4 Å². The van der Waals surface area contributed by atoms with E-state index in [0.29, 0.717) is 24.6 Å². The van der Waals surface area contributed by atoms with Crippen LogP contribution < -0.4 is 20.1 Å². The van der Waals surface area contributed by atoms with Crippen molar-refractivity contribution in [3.05, 3.63) is 69.9 Å². The van der Waals surface area contributed by atoms with Crippen molar-refractivity contribution in [3.63, 3.8) is 0 Å². The Morgan fingerprint density at radius 2 is 1.86 bits per heavy atom. The predicted molar refractivity (Wildman–Crippen MR) is 121 cm³/mol. The second-order valence-corrected chi connectivity index (χ2v) is 9.55. The zero-order valence-electron chi connectivity index (χ0n) is 19.3. The predicted octanol–water partition coefficient (Wildman–Crippen LogP) is 5.07. The number of hydrogen-bond acceptors (Lipinski definition) is 6. The summed E-state index contributed by atoms with van der Waals surface area (Å²) in [6.07, 6.45) is 0.583. The minimum absolute atomic E-state index is 0.0518. The number of benzene rings is 1. The Balaban J connectivity index is 1.19. The van der Waals surface area contributed by atoms with Crippen molar-refractivity contribution in [2.45, 2.75) is 57.1 Å². The summed E-state index contributed by atoms with van der Waals surface area (Å²) in [4.78, 5) is 22.1. The lowest BCUT2D eigenvalue weighted by Gasteiger charge is -2.25. The van der Waals surface area contributed by atoms with Crippen LogP contribution in [0.4, 0.5) is 27.8 Å². The summed E-state index contributed by atoms with van der Waals surface area (Å²) in [5, 5.41) is 0. The van der Waals surface area contributed by atoms with E-state index in [4.69, 9.17) is 9.47 Å². The van der Waals surface area contributed by atoms with Gasteiger partial charge in [0.15, 0.2) is 17.4 Å². The molecule has 3 atom stereocenters. The number of pyridine rings is 1. The van der Waals surface area contributed by atoms with Crippen LogP contribution >= 0.6 is 0 Å². The summed E-state index contributed by atoms with van der Waals surface area (Å²) in [5.41, 5.74) is -1.60. The average Bonchev–Trinajstić information content (AvgIpc) is 3.51. The zero-order valence-corrected chi connectivity index (χ0v) is 19.3. The van der Waals surface area contributed by atoms with Gasteiger partial charge in [-0.15, -0.1) is 0 Å². The molecule has 4 heterocycles. The van der Waals surface area contributed by atoms with E-state index in [1.54, 1.807) is 10.6 Å². The first-order valence-electron chi connectivity index (χ1n) is 11.9. The molecule has 7 nitrogen and oxygen atoms in total. The standard InChI is InChI=1S/C25H21F5N4O3/c26-17-6-13(7-18(27)23(17)37-16-4-5-31-20(9-16)25(28,29)30)12-36-21-10-22-33(24(35)32-21)11-15-8-14-2-1-3-19(14)34(15)22/h4-7,9-10,14-15,19H,1-3,8,11-12H2/t14?,15-,19?/m1/s1. The van der Waals surface area contributed by atoms with Crippen molar-refractivity contribution in [1.29, 1.82) is 0 Å². The molecule has 3 aromatic rings. The van der Waals surface area contributed by atoms with Crippen LogP contribution in [-0.2, 0) is 19.3 Å². The highest BCUT2D eigenvalue weighted by molar-refractivity contribution is 5.50. The molecule has 1 aromatic carbocycles. The minimum Gasteiger partial charge on any atom is -0.473 e. The lowest BCUT2D eigenvalue weighted by atomic mass is 10.0. The van der Waals surface area contributed by atoms with E-state index in [1.165, 1.54) is 12.8 Å². The molecular formula is C25H21F5N4O3. The van der Waals surface area contributed by atoms with Crippen LogP contribution in [0, 0.1) is 17.6 Å². The molecule has 37 heavy (non-hydrogen) atoms. The lowest BCUT2D eigenvalue weighted by molar-refractivity contribution is -0.141. The number of aromatic nitrogens is 3. The maximum atomic E-state index is 14.6. The second-order valence-electron chi connectivity index (χ2n) is 9.55. The summed E-state index contributed by atoms with van der Waals surface area (Å²) in [6, 6.07) is 5.86. The van der Waals surface area contributed by atoms with Crippen molar-refractivity contribution >= 4 is 5.82 Å². The minimum atomic E-state index is -4.74. The van der Waals surface area contributed by atoms with Gasteiger partial charge in [-0.05, 0) is 48.9 Å². The van der Waals surface area contributed by atoms with E-state index in [0.717, 1.165) is 43.1 Å². The zero-order chi connectivity index (χ0) is 25.9. The third-order valence-corrected chi connectivity index (χ3v) is 7.25. The van der Waals surface area contributed by atoms with Crippen molar-refractivity contribution < 1.29 is 31.4 Å². The molecule has 0 spiro atoms. The first-order valence-corrected chi connectivity index (χ1v) is 11.9. The van der Waals surface area contributed by atoms with E-state index in [9.17, 15) is 26.7 Å². The Kier molecular flexibility index (Phi) is 5.57. The van der Waals surface area contributed by atoms with Gasteiger partial charge in [-0.2, -0.15) is 18.2 Å². The molecular weight excluding hydrogens is 499 g/mol. The molecule has 1 aliphatic carbocycles. The maximum Gasteiger partial charge on any atom is 0.433 e. The molecule has 2 aromatic heterocycles. The smallest absolute Gasteiger partial charge is 0.433 e. The second kappa shape index (κ2) is 8.70. The maximum absolute atomic E-state index is 14.6. The summed E-state index contributed by atoms with van der Waals surface area (Å²) in [7, 11) is 0. The van der Waals surface area contributed by atoms with Gasteiger partial charge in [-0.25, -0.2) is 13.6 Å². The van der Waals surface area contributed by atoms with Crippen LogP contribution in [-0.4, -0.2) is 26.6 Å². The monoisotopic (exact) mass is 520 g/mol. The Morgan fingerprint density at radius 3 is 2.62 bits per heavy atom. The van der Waals surface area contributed by atoms with Crippen molar-refractivity contribution in [1.82, 2.24) is 14.5 Å². The van der Waals surface area contributed by atoms with E-state index < -0.39 is 40.7 Å². The van der Waals surface area contributed by atoms with Crippen molar-refractivity contribution in [3.8, 4) is 17.4 Å². The molecule has 3 aliphatic rings. The first kappa shape index (κ1) is 23.7. The highest BCUT2D eigenvalue weighted by Crippen LogP contribution is 2.46. The molecule has 1 saturated heterocycles. The SMILES string of the molecule is O=c1nc(OCc2cc(F)c(Oc3ccnc(C(F)(F)F)c3)c(F)c2)cc2n1C[C@H]1CC3CCCC3N21. The number of ether oxygens (including phenoxy) is 2. The summed E-state index contributed by atoms with van der Waals surface area (Å²) in [6.45, 7) is 0.307. The van der Waals surface area contributed by atoms with Crippen LogP contribution in [0.1, 0.15) is 36.9 Å². The topological polar surface area (TPSA) is 69.5 Å². The lowest BCUT2D eigenvalue weighted by Crippen LogP contribution is -2.33. The molecule has 2 aliphatic heterocycles. The summed E-state index contributed by atoms with van der Waals surface area (Å²) >= 11 is 0. The van der Waals surface area contributed by atoms with E-state index in [1.807, 2.05) is 0 Å². The van der Waals surface area contributed by atoms with Gasteiger partial charge in [0.2, 0.25) is 5.88 Å². The molecule has 1 saturated carbocycles. The fraction of sp³-hybridized carbons (Fsp3) is 0.400. The van der Waals surface area contributed by atoms with E-state index in [2.05, 4.69) is 14.9 Å². The third kappa shape index (κ3) is 4.27. The summed E-state index contributed by atoms with van der Waals surface area (Å²) < 4.78 is 80.1. The Labute approximate surface area is 207 Å². The van der Waals surface area contributed by atoms with Gasteiger partial charge in [0.05, 0.1) is 0 Å². The molecule has 6 rings (SSSR count). The highest BCUT2D eigenvalue weighted by atomic mass is 19.4. The van der Waals surface area contributed by atoms with Crippen molar-refractivity contribution in [2.75, 3.05) is 4.90 Å². The van der Waals surface area contributed by atoms with Gasteiger partial charge >= 0.3 is 11.9 Å². The van der Waals surface area contributed by atoms with Crippen LogP contribution in [0.25, 0.3) is 0 Å². The number of fused-ring (bicyclic) bond motifs is 5. The normalized spacial score (nSPS) is 22.1. The Bertz CT molecular complexity index is 1400. The number of hydrogen-bond donors (Lipinski definition) is 0. The molecule has 0 radical (unpaired) electrons. The molecule has 0 N–H and O–H groups in total. The molecule has 0 bridgehead atoms. The third-order valence-electron chi connectivity index (χ3n) is 7.25. The highest BCUT2D eigenvalue weighted by Gasteiger charge is 2.48. The van der Waals surface area contributed by atoms with Gasteiger partial charge in [-0.3, -0.25) is 9.55 Å². The van der Waals surface area contributed by atoms with Gasteiger partial charge in [-0.1, -0.05) is 6.42 Å². The van der Waals surface area contributed by atoms with Gasteiger partial charge in [0, 0.05) is 37.0 Å². The van der Waals surface area contributed by atoms with Crippen LogP contribution in [0.3, 0.4) is 0 Å². The fourth-order valence-corrected chi connectivity index (χ4v) is 5.75. The fourth-order valence-electron chi connectivity index (χ4n) is 5.75. The van der Waals surface area contributed by atoms with Crippen LogP contribution in [0.15, 0.2) is 41.3 Å². The number of rotatable bonds is 5. The number of halogens is 5.